The van der Waals surface area contributed by atoms with E-state index < -0.39 is 6.10 Å². The minimum absolute atomic E-state index is 0.190. The van der Waals surface area contributed by atoms with Crippen LogP contribution in [0.3, 0.4) is 0 Å². The predicted molar refractivity (Wildman–Crippen MR) is 110 cm³/mol. The number of carbonyl (C=O) groups excluding carboxylic acids is 1. The minimum Gasteiger partial charge on any atom is -0.389 e. The SMILES string of the molecule is CC1(C)C2CC=C(COCC(O)CN3CCC(C(=O)N4CCCC4)CC3)C1C2. The molecule has 3 unspecified atom stereocenters. The second kappa shape index (κ2) is 8.45. The molecule has 1 amide bonds. The number of ether oxygens (including phenoxy) is 1. The van der Waals surface area contributed by atoms with Crippen LogP contribution in [0.25, 0.3) is 0 Å². The standard InChI is InChI=1S/C23H38N2O3/c1-23(2)19-6-5-18(21(23)13-19)15-28-16-20(26)14-24-11-7-17(8-12-24)22(27)25-9-3-4-10-25/h5,17,19-21,26H,3-4,6-16H2,1-2H3. The van der Waals surface area contributed by atoms with Crippen LogP contribution in [0.4, 0.5) is 0 Å². The van der Waals surface area contributed by atoms with E-state index >= 15 is 0 Å². The van der Waals surface area contributed by atoms with Gasteiger partial charge in [-0.25, -0.2) is 0 Å². The molecule has 5 rings (SSSR count). The first kappa shape index (κ1) is 20.4. The van der Waals surface area contributed by atoms with Crippen molar-refractivity contribution in [1.82, 2.24) is 9.80 Å². The summed E-state index contributed by atoms with van der Waals surface area (Å²) in [6, 6.07) is 0. The third kappa shape index (κ3) is 4.17. The number of piperidine rings is 1. The maximum atomic E-state index is 12.5. The van der Waals surface area contributed by atoms with Crippen LogP contribution in [0.2, 0.25) is 0 Å². The van der Waals surface area contributed by atoms with Gasteiger partial charge in [0.15, 0.2) is 0 Å². The summed E-state index contributed by atoms with van der Waals surface area (Å²) in [6.45, 7) is 10.2. The minimum atomic E-state index is -0.447. The molecule has 2 aliphatic heterocycles. The number of β-amino-alcohol motifs (C(OH)–C–C–N with tert-alkyl or cyclic N) is 1. The zero-order chi connectivity index (χ0) is 19.7. The number of aliphatic hydroxyl groups is 1. The fourth-order valence-corrected chi connectivity index (χ4v) is 5.86. The van der Waals surface area contributed by atoms with Gasteiger partial charge >= 0.3 is 0 Å². The van der Waals surface area contributed by atoms with Crippen LogP contribution < -0.4 is 0 Å². The lowest BCUT2D eigenvalue weighted by Gasteiger charge is -2.56. The molecular formula is C23H38N2O3. The summed E-state index contributed by atoms with van der Waals surface area (Å²) >= 11 is 0. The fraction of sp³-hybridized carbons (Fsp3) is 0.870. The molecule has 5 nitrogen and oxygen atoms in total. The van der Waals surface area contributed by atoms with Gasteiger partial charge in [0, 0.05) is 25.6 Å². The zero-order valence-corrected chi connectivity index (χ0v) is 17.7. The summed E-state index contributed by atoms with van der Waals surface area (Å²) in [5.41, 5.74) is 1.88. The van der Waals surface area contributed by atoms with Gasteiger partial charge in [0.25, 0.3) is 0 Å². The number of amides is 1. The van der Waals surface area contributed by atoms with E-state index in [0.29, 0.717) is 37.0 Å². The van der Waals surface area contributed by atoms with Crippen LogP contribution in [-0.2, 0) is 9.53 Å². The average molecular weight is 391 g/mol. The summed E-state index contributed by atoms with van der Waals surface area (Å²) in [6.07, 6.45) is 8.60. The van der Waals surface area contributed by atoms with E-state index in [9.17, 15) is 9.90 Å². The predicted octanol–water partition coefficient (Wildman–Crippen LogP) is 2.69. The maximum Gasteiger partial charge on any atom is 0.225 e. The van der Waals surface area contributed by atoms with E-state index in [1.165, 1.54) is 18.4 Å². The normalized spacial score (nSPS) is 31.4. The average Bonchev–Trinajstić information content (AvgIpc) is 3.23. The van der Waals surface area contributed by atoms with Crippen LogP contribution in [0.15, 0.2) is 11.6 Å². The molecule has 5 heteroatoms. The van der Waals surface area contributed by atoms with Gasteiger partial charge in [0.2, 0.25) is 5.91 Å². The molecule has 2 bridgehead atoms. The molecule has 158 valence electrons. The first-order chi connectivity index (χ1) is 13.4. The summed E-state index contributed by atoms with van der Waals surface area (Å²) in [5, 5.41) is 10.4. The van der Waals surface area contributed by atoms with E-state index in [4.69, 9.17) is 4.74 Å². The monoisotopic (exact) mass is 390 g/mol. The molecule has 3 fully saturated rings. The molecule has 0 aromatic carbocycles. The number of hydrogen-bond acceptors (Lipinski definition) is 4. The third-order valence-corrected chi connectivity index (χ3v) is 7.99. The number of aliphatic hydroxyl groups excluding tert-OH is 1. The highest BCUT2D eigenvalue weighted by Gasteiger charge is 2.50. The Morgan fingerprint density at radius 1 is 1.25 bits per heavy atom. The zero-order valence-electron chi connectivity index (χ0n) is 17.7. The summed E-state index contributed by atoms with van der Waals surface area (Å²) in [4.78, 5) is 16.9. The van der Waals surface area contributed by atoms with Crippen molar-refractivity contribution in [3.05, 3.63) is 11.6 Å². The number of hydrogen-bond donors (Lipinski definition) is 1. The second-order valence-corrected chi connectivity index (χ2v) is 10.1. The van der Waals surface area contributed by atoms with Gasteiger partial charge in [-0.3, -0.25) is 4.79 Å². The van der Waals surface area contributed by atoms with Crippen molar-refractivity contribution >= 4 is 5.91 Å². The Morgan fingerprint density at radius 3 is 2.61 bits per heavy atom. The molecule has 0 aromatic rings. The molecule has 28 heavy (non-hydrogen) atoms. The van der Waals surface area contributed by atoms with Gasteiger partial charge in [-0.05, 0) is 74.4 Å². The van der Waals surface area contributed by atoms with Crippen LogP contribution in [0.5, 0.6) is 0 Å². The van der Waals surface area contributed by atoms with E-state index in [1.54, 1.807) is 0 Å². The van der Waals surface area contributed by atoms with Gasteiger partial charge < -0.3 is 19.6 Å². The molecule has 3 atom stereocenters. The van der Waals surface area contributed by atoms with Crippen molar-refractivity contribution in [3.63, 3.8) is 0 Å². The Hall–Kier alpha value is -0.910. The summed E-state index contributed by atoms with van der Waals surface area (Å²) in [5.74, 6) is 2.08. The smallest absolute Gasteiger partial charge is 0.225 e. The Morgan fingerprint density at radius 2 is 1.96 bits per heavy atom. The summed E-state index contributed by atoms with van der Waals surface area (Å²) < 4.78 is 5.89. The van der Waals surface area contributed by atoms with Crippen LogP contribution in [0, 0.1) is 23.2 Å². The summed E-state index contributed by atoms with van der Waals surface area (Å²) in [7, 11) is 0. The Labute approximate surface area is 170 Å². The topological polar surface area (TPSA) is 53.0 Å². The Balaban J connectivity index is 1.13. The molecule has 1 saturated carbocycles. The molecule has 0 radical (unpaired) electrons. The van der Waals surface area contributed by atoms with E-state index in [0.717, 1.165) is 57.8 Å². The first-order valence-electron chi connectivity index (χ1n) is 11.4. The number of fused-ring (bicyclic) bond motifs is 1. The van der Waals surface area contributed by atoms with Crippen LogP contribution in [0.1, 0.15) is 52.4 Å². The lowest BCUT2D eigenvalue weighted by molar-refractivity contribution is -0.136. The largest absolute Gasteiger partial charge is 0.389 e. The van der Waals surface area contributed by atoms with Gasteiger partial charge in [-0.15, -0.1) is 0 Å². The number of nitrogens with zero attached hydrogens (tertiary/aromatic N) is 2. The Bertz CT molecular complexity index is 589. The van der Waals surface area contributed by atoms with Crippen molar-refractivity contribution in [2.75, 3.05) is 45.9 Å². The van der Waals surface area contributed by atoms with Gasteiger partial charge in [-0.2, -0.15) is 0 Å². The molecule has 0 aromatic heterocycles. The number of carbonyl (C=O) groups is 1. The fourth-order valence-electron chi connectivity index (χ4n) is 5.86. The van der Waals surface area contributed by atoms with Gasteiger partial charge in [0.1, 0.15) is 0 Å². The quantitative estimate of drug-likeness (QED) is 0.679. The number of allylic oxidation sites excluding steroid dienone is 1. The molecule has 2 saturated heterocycles. The van der Waals surface area contributed by atoms with E-state index in [1.807, 2.05) is 0 Å². The molecule has 5 aliphatic rings. The molecule has 1 N–H and O–H groups in total. The highest BCUT2D eigenvalue weighted by Crippen LogP contribution is 2.59. The second-order valence-electron chi connectivity index (χ2n) is 10.1. The van der Waals surface area contributed by atoms with E-state index in [-0.39, 0.29) is 5.92 Å². The third-order valence-electron chi connectivity index (χ3n) is 7.99. The number of rotatable bonds is 7. The first-order valence-corrected chi connectivity index (χ1v) is 11.4. The maximum absolute atomic E-state index is 12.5. The lowest BCUT2D eigenvalue weighted by Crippen LogP contribution is -2.48. The van der Waals surface area contributed by atoms with Gasteiger partial charge in [0.05, 0.1) is 19.3 Å². The molecule has 0 spiro atoms. The van der Waals surface area contributed by atoms with Crippen LogP contribution >= 0.6 is 0 Å². The van der Waals surface area contributed by atoms with Crippen molar-refractivity contribution < 1.29 is 14.6 Å². The van der Waals surface area contributed by atoms with Gasteiger partial charge in [-0.1, -0.05) is 19.9 Å². The van der Waals surface area contributed by atoms with Crippen molar-refractivity contribution in [3.8, 4) is 0 Å². The molecule has 3 aliphatic carbocycles. The lowest BCUT2D eigenvalue weighted by atomic mass is 9.49. The van der Waals surface area contributed by atoms with E-state index in [2.05, 4.69) is 29.7 Å². The van der Waals surface area contributed by atoms with Crippen LogP contribution in [-0.4, -0.2) is 72.9 Å². The van der Waals surface area contributed by atoms with Crippen molar-refractivity contribution in [2.45, 2.75) is 58.5 Å². The number of likely N-dealkylation sites (tertiary alicyclic amines) is 2. The molecule has 2 heterocycles. The highest BCUT2D eigenvalue weighted by atomic mass is 16.5. The van der Waals surface area contributed by atoms with Crippen molar-refractivity contribution in [1.29, 1.82) is 0 Å². The molecular weight excluding hydrogens is 352 g/mol. The highest BCUT2D eigenvalue weighted by molar-refractivity contribution is 5.79. The Kier molecular flexibility index (Phi) is 6.15. The van der Waals surface area contributed by atoms with Crippen molar-refractivity contribution in [2.24, 2.45) is 23.2 Å².